The highest BCUT2D eigenvalue weighted by Crippen LogP contribution is 2.35. The quantitative estimate of drug-likeness (QED) is 0.303. The molecule has 0 amide bonds. The van der Waals surface area contributed by atoms with Gasteiger partial charge in [-0.05, 0) is 24.1 Å². The van der Waals surface area contributed by atoms with E-state index in [2.05, 4.69) is 27.6 Å². The van der Waals surface area contributed by atoms with Crippen molar-refractivity contribution in [2.75, 3.05) is 18.1 Å². The number of hydrogen-bond donors (Lipinski definition) is 5. The Morgan fingerprint density at radius 3 is 2.57 bits per heavy atom. The predicted molar refractivity (Wildman–Crippen MR) is 108 cm³/mol. The number of nitrogens with zero attached hydrogens (tertiary/aromatic N) is 4. The molecule has 4 atom stereocenters. The van der Waals surface area contributed by atoms with Gasteiger partial charge in [0.15, 0.2) is 17.7 Å². The van der Waals surface area contributed by atoms with Crippen LogP contribution in [0.3, 0.4) is 0 Å². The molecule has 0 unspecified atom stereocenters. The Kier molecular flexibility index (Phi) is 5.11. The number of aryl methyl sites for hydroxylation is 2. The van der Waals surface area contributed by atoms with Crippen LogP contribution in [0.15, 0.2) is 30.6 Å². The van der Waals surface area contributed by atoms with Gasteiger partial charge in [-0.25, -0.2) is 15.0 Å². The van der Waals surface area contributed by atoms with E-state index >= 15 is 0 Å². The largest absolute Gasteiger partial charge is 0.399 e. The molecule has 2 aromatic heterocycles. The number of nitrogens with two attached hydrogens (primary N) is 2. The monoisotopic (exact) mass is 402 g/mol. The summed E-state index contributed by atoms with van der Waals surface area (Å²) in [5.41, 5.74) is 14.6. The van der Waals surface area contributed by atoms with E-state index in [1.165, 1.54) is 0 Å². The first-order chi connectivity index (χ1) is 13.5. The number of anilines is 2. The molecule has 1 aromatic carbocycles. The van der Waals surface area contributed by atoms with E-state index in [4.69, 9.17) is 16.2 Å². The molecule has 4 rings (SSSR count). The van der Waals surface area contributed by atoms with Crippen LogP contribution < -0.4 is 11.5 Å². The summed E-state index contributed by atoms with van der Waals surface area (Å²) in [4.78, 5) is 13.2. The molecule has 6 N–H and O–H groups in total. The number of imidazole rings is 1. The minimum absolute atomic E-state index is 0.282. The minimum atomic E-state index is -0.903. The summed E-state index contributed by atoms with van der Waals surface area (Å²) in [5.74, 6) is 0.862. The van der Waals surface area contributed by atoms with E-state index in [0.717, 1.165) is 17.7 Å². The van der Waals surface area contributed by atoms with Crippen LogP contribution in [0.4, 0.5) is 11.5 Å². The van der Waals surface area contributed by atoms with Gasteiger partial charge in [0, 0.05) is 12.1 Å². The van der Waals surface area contributed by atoms with Gasteiger partial charge in [-0.1, -0.05) is 12.1 Å². The zero-order valence-corrected chi connectivity index (χ0v) is 15.9. The second-order valence-corrected chi connectivity index (χ2v) is 7.42. The maximum Gasteiger partial charge on any atom is 0.167 e. The molecule has 1 aliphatic heterocycles. The van der Waals surface area contributed by atoms with Crippen molar-refractivity contribution >= 4 is 35.3 Å². The molecule has 0 aliphatic carbocycles. The lowest BCUT2D eigenvalue weighted by Crippen LogP contribution is -2.30. The Hall–Kier alpha value is -2.40. The molecule has 3 aromatic rings. The van der Waals surface area contributed by atoms with Crippen molar-refractivity contribution in [1.29, 1.82) is 0 Å². The number of ether oxygens (including phenoxy) is 1. The van der Waals surface area contributed by atoms with Gasteiger partial charge in [0.25, 0.3) is 0 Å². The van der Waals surface area contributed by atoms with E-state index in [1.54, 1.807) is 10.9 Å². The Bertz CT molecular complexity index is 979. The lowest BCUT2D eigenvalue weighted by molar-refractivity contribution is -0.0430. The Morgan fingerprint density at radius 1 is 1.14 bits per heavy atom. The number of rotatable bonds is 5. The summed E-state index contributed by atoms with van der Waals surface area (Å²) < 4.78 is 7.42. The van der Waals surface area contributed by atoms with Gasteiger partial charge in [0.1, 0.15) is 17.4 Å². The highest BCUT2D eigenvalue weighted by Gasteiger charge is 2.43. The first-order valence-electron chi connectivity index (χ1n) is 8.93. The average molecular weight is 402 g/mol. The van der Waals surface area contributed by atoms with Crippen LogP contribution in [0.25, 0.3) is 11.2 Å². The summed E-state index contributed by atoms with van der Waals surface area (Å²) in [6.45, 7) is -0.300. The van der Waals surface area contributed by atoms with Crippen molar-refractivity contribution in [3.05, 3.63) is 42.0 Å². The van der Waals surface area contributed by atoms with Crippen LogP contribution >= 0.6 is 12.6 Å². The van der Waals surface area contributed by atoms with Crippen LogP contribution in [0.5, 0.6) is 0 Å². The van der Waals surface area contributed by atoms with Crippen molar-refractivity contribution < 1.29 is 14.9 Å². The molecular weight excluding hydrogens is 380 g/mol. The van der Waals surface area contributed by atoms with E-state index in [9.17, 15) is 10.2 Å². The van der Waals surface area contributed by atoms with Crippen LogP contribution in [0, 0.1) is 0 Å². The third-order valence-electron chi connectivity index (χ3n) is 4.90. The number of hydrogen-bond acceptors (Lipinski definition) is 9. The van der Waals surface area contributed by atoms with Crippen molar-refractivity contribution in [2.45, 2.75) is 36.5 Å². The minimum Gasteiger partial charge on any atom is -0.399 e. The third-order valence-corrected chi connectivity index (χ3v) is 5.46. The van der Waals surface area contributed by atoms with E-state index < -0.39 is 23.7 Å². The van der Waals surface area contributed by atoms with Gasteiger partial charge in [0.05, 0.1) is 24.3 Å². The summed E-state index contributed by atoms with van der Waals surface area (Å²) in [6.07, 6.45) is 0.626. The Morgan fingerprint density at radius 2 is 1.89 bits per heavy atom. The van der Waals surface area contributed by atoms with Crippen molar-refractivity contribution in [3.63, 3.8) is 0 Å². The summed E-state index contributed by atoms with van der Waals surface area (Å²) >= 11 is 4.44. The van der Waals surface area contributed by atoms with E-state index in [0.29, 0.717) is 23.4 Å². The Labute approximate surface area is 166 Å². The normalized spacial score (nSPS) is 24.8. The molecule has 1 saturated heterocycles. The van der Waals surface area contributed by atoms with Gasteiger partial charge >= 0.3 is 0 Å². The van der Waals surface area contributed by atoms with Crippen molar-refractivity contribution in [3.8, 4) is 0 Å². The number of aromatic nitrogens is 4. The SMILES string of the molecule is Nc1ccc(CCc2nc(N)c3ncn([C@@H]4O[C@H](CO)[C@@H](O)[C@H]4S)c3n2)cc1. The van der Waals surface area contributed by atoms with Gasteiger partial charge < -0.3 is 26.4 Å². The van der Waals surface area contributed by atoms with Crippen LogP contribution in [0.2, 0.25) is 0 Å². The number of nitrogen functional groups attached to an aromatic ring is 2. The molecule has 1 fully saturated rings. The molecule has 0 spiro atoms. The second kappa shape index (κ2) is 7.55. The highest BCUT2D eigenvalue weighted by molar-refractivity contribution is 7.81. The molecule has 0 saturated carbocycles. The number of benzene rings is 1. The Balaban J connectivity index is 1.62. The summed E-state index contributed by atoms with van der Waals surface area (Å²) in [6, 6.07) is 7.65. The van der Waals surface area contributed by atoms with Crippen LogP contribution in [-0.2, 0) is 17.6 Å². The third kappa shape index (κ3) is 3.39. The molecule has 148 valence electrons. The molecule has 9 nitrogen and oxygen atoms in total. The molecule has 0 bridgehead atoms. The van der Waals surface area contributed by atoms with Crippen molar-refractivity contribution in [2.24, 2.45) is 0 Å². The zero-order chi connectivity index (χ0) is 19.8. The lowest BCUT2D eigenvalue weighted by Gasteiger charge is -2.17. The topological polar surface area (TPSA) is 145 Å². The average Bonchev–Trinajstić information content (AvgIpc) is 3.23. The number of aliphatic hydroxyl groups is 2. The number of thiol groups is 1. The van der Waals surface area contributed by atoms with Crippen LogP contribution in [0.1, 0.15) is 17.6 Å². The zero-order valence-electron chi connectivity index (χ0n) is 15.0. The number of fused-ring (bicyclic) bond motifs is 1. The maximum absolute atomic E-state index is 10.2. The lowest BCUT2D eigenvalue weighted by atomic mass is 10.1. The predicted octanol–water partition coefficient (Wildman–Crippen LogP) is 0.325. The molecule has 3 heterocycles. The molecule has 0 radical (unpaired) electrons. The van der Waals surface area contributed by atoms with Crippen LogP contribution in [-0.4, -0.2) is 53.8 Å². The molecule has 10 heteroatoms. The molecule has 1 aliphatic rings. The van der Waals surface area contributed by atoms with Gasteiger partial charge in [0.2, 0.25) is 0 Å². The van der Waals surface area contributed by atoms with E-state index in [1.807, 2.05) is 24.3 Å². The van der Waals surface area contributed by atoms with Gasteiger partial charge in [-0.3, -0.25) is 4.57 Å². The maximum atomic E-state index is 10.2. The first-order valence-corrected chi connectivity index (χ1v) is 9.45. The standard InChI is InChI=1S/C18H22N6O3S/c19-10-4-1-9(2-5-10)3-6-12-22-16(20)13-17(23-12)24(8-21-13)18-15(28)14(26)11(7-25)27-18/h1-2,4-5,8,11,14-15,18,25-26,28H,3,6-7,19H2,(H2,20,22,23)/t11-,14-,15-,18-/m1/s1. The fourth-order valence-electron chi connectivity index (χ4n) is 3.33. The highest BCUT2D eigenvalue weighted by atomic mass is 32.1. The summed E-state index contributed by atoms with van der Waals surface area (Å²) in [5, 5.41) is 19.0. The smallest absolute Gasteiger partial charge is 0.167 e. The van der Waals surface area contributed by atoms with Gasteiger partial charge in [-0.2, -0.15) is 12.6 Å². The second-order valence-electron chi connectivity index (χ2n) is 6.82. The molecular formula is C18H22N6O3S. The number of aliphatic hydroxyl groups excluding tert-OH is 2. The summed E-state index contributed by atoms with van der Waals surface area (Å²) in [7, 11) is 0. The van der Waals surface area contributed by atoms with Crippen molar-refractivity contribution in [1.82, 2.24) is 19.5 Å². The first kappa shape index (κ1) is 18.9. The van der Waals surface area contributed by atoms with E-state index in [-0.39, 0.29) is 12.4 Å². The van der Waals surface area contributed by atoms with Gasteiger partial charge in [-0.15, -0.1) is 0 Å². The fraction of sp³-hybridized carbons (Fsp3) is 0.389. The molecule has 28 heavy (non-hydrogen) atoms. The fourth-order valence-corrected chi connectivity index (χ4v) is 3.74.